The molecule has 0 spiro atoms. The van der Waals surface area contributed by atoms with Gasteiger partial charge in [-0.2, -0.15) is 0 Å². The van der Waals surface area contributed by atoms with E-state index in [1.54, 1.807) is 55.4 Å². The van der Waals surface area contributed by atoms with E-state index in [1.807, 2.05) is 30.3 Å². The van der Waals surface area contributed by atoms with Gasteiger partial charge in [0, 0.05) is 17.5 Å². The zero-order chi connectivity index (χ0) is 24.5. The zero-order valence-electron chi connectivity index (χ0n) is 20.3. The molecule has 1 aromatic carbocycles. The second-order valence-electron chi connectivity index (χ2n) is 10.6. The maximum atomic E-state index is 13.3. The van der Waals surface area contributed by atoms with E-state index in [-0.39, 0.29) is 5.92 Å². The van der Waals surface area contributed by atoms with Gasteiger partial charge in [0.1, 0.15) is 11.1 Å². The van der Waals surface area contributed by atoms with Gasteiger partial charge in [-0.05, 0) is 67.4 Å². The number of hydrogen-bond donors (Lipinski definition) is 3. The van der Waals surface area contributed by atoms with Crippen molar-refractivity contribution in [1.29, 1.82) is 0 Å². The predicted molar refractivity (Wildman–Crippen MR) is 125 cm³/mol. The number of benzene rings is 1. The van der Waals surface area contributed by atoms with Gasteiger partial charge in [0.2, 0.25) is 15.9 Å². The van der Waals surface area contributed by atoms with E-state index < -0.39 is 50.0 Å². The van der Waals surface area contributed by atoms with Crippen LogP contribution in [0.25, 0.3) is 0 Å². The Morgan fingerprint density at radius 3 is 2.12 bits per heavy atom. The van der Waals surface area contributed by atoms with Crippen LogP contribution in [0.5, 0.6) is 0 Å². The first-order valence-electron chi connectivity index (χ1n) is 10.9. The third-order valence-electron chi connectivity index (χ3n) is 5.29. The van der Waals surface area contributed by atoms with Gasteiger partial charge in [0.05, 0.1) is 5.25 Å². The second kappa shape index (κ2) is 9.02. The van der Waals surface area contributed by atoms with Crippen molar-refractivity contribution >= 4 is 22.0 Å². The van der Waals surface area contributed by atoms with Crippen molar-refractivity contribution < 1.29 is 22.7 Å². The van der Waals surface area contributed by atoms with Gasteiger partial charge in [0.15, 0.2) is 0 Å². The van der Waals surface area contributed by atoms with E-state index >= 15 is 0 Å². The Labute approximate surface area is 191 Å². The Morgan fingerprint density at radius 1 is 1.06 bits per heavy atom. The summed E-state index contributed by atoms with van der Waals surface area (Å²) in [6, 6.07) is 8.75. The number of nitrogens with one attached hydrogen (secondary N) is 3. The minimum atomic E-state index is -3.68. The molecule has 9 heteroatoms. The molecular weight excluding hydrogens is 430 g/mol. The SMILES string of the molecule is CC(NC(=O)C1(NC(=O)OC(C)(C)C)CC1c1ccccc1)[C@H](C)S(=O)(=O)NC(C)(C)C. The Bertz CT molecular complexity index is 935. The van der Waals surface area contributed by atoms with Crippen LogP contribution in [0.4, 0.5) is 4.79 Å². The maximum Gasteiger partial charge on any atom is 0.408 e. The predicted octanol–water partition coefficient (Wildman–Crippen LogP) is 3.05. The highest BCUT2D eigenvalue weighted by Crippen LogP contribution is 2.51. The van der Waals surface area contributed by atoms with Crippen molar-refractivity contribution in [3.05, 3.63) is 35.9 Å². The summed E-state index contributed by atoms with van der Waals surface area (Å²) < 4.78 is 33.4. The molecule has 0 aliphatic heterocycles. The quantitative estimate of drug-likeness (QED) is 0.570. The molecule has 180 valence electrons. The van der Waals surface area contributed by atoms with Crippen LogP contribution in [0.2, 0.25) is 0 Å². The van der Waals surface area contributed by atoms with Gasteiger partial charge < -0.3 is 15.4 Å². The summed E-state index contributed by atoms with van der Waals surface area (Å²) in [7, 11) is -3.68. The standard InChI is InChI=1S/C23H37N3O5S/c1-15(16(2)32(29,30)26-21(3,4)5)24-19(27)23(25-20(28)31-22(6,7)8)14-18(23)17-12-10-9-11-13-17/h9-13,15-16,18,26H,14H2,1-8H3,(H,24,27)(H,25,28)/t15?,16-,18?,23?/m0/s1. The third kappa shape index (κ3) is 6.68. The van der Waals surface area contributed by atoms with E-state index in [0.717, 1.165) is 5.56 Å². The first kappa shape index (κ1) is 26.1. The van der Waals surface area contributed by atoms with Gasteiger partial charge in [-0.15, -0.1) is 0 Å². The molecule has 3 unspecified atom stereocenters. The summed E-state index contributed by atoms with van der Waals surface area (Å²) in [5.41, 5.74) is -1.63. The summed E-state index contributed by atoms with van der Waals surface area (Å²) in [5.74, 6) is -0.662. The van der Waals surface area contributed by atoms with Gasteiger partial charge in [-0.3, -0.25) is 4.79 Å². The van der Waals surface area contributed by atoms with Crippen LogP contribution < -0.4 is 15.4 Å². The highest BCUT2D eigenvalue weighted by atomic mass is 32.2. The molecule has 1 aromatic rings. The van der Waals surface area contributed by atoms with Crippen LogP contribution in [-0.4, -0.2) is 48.4 Å². The summed E-state index contributed by atoms with van der Waals surface area (Å²) in [6.45, 7) is 13.7. The number of sulfonamides is 1. The van der Waals surface area contributed by atoms with E-state index in [4.69, 9.17) is 4.74 Å². The minimum Gasteiger partial charge on any atom is -0.444 e. The van der Waals surface area contributed by atoms with Crippen LogP contribution in [0.3, 0.4) is 0 Å². The van der Waals surface area contributed by atoms with Crippen LogP contribution in [0.15, 0.2) is 30.3 Å². The van der Waals surface area contributed by atoms with Crippen molar-refractivity contribution in [2.75, 3.05) is 0 Å². The summed E-state index contributed by atoms with van der Waals surface area (Å²) in [5, 5.41) is 4.69. The number of carbonyl (C=O) groups is 2. The maximum absolute atomic E-state index is 13.3. The van der Waals surface area contributed by atoms with Crippen molar-refractivity contribution in [2.45, 2.75) is 95.7 Å². The average molecular weight is 468 g/mol. The monoisotopic (exact) mass is 467 g/mol. The van der Waals surface area contributed by atoms with E-state index in [9.17, 15) is 18.0 Å². The first-order chi connectivity index (χ1) is 14.5. The molecule has 0 radical (unpaired) electrons. The topological polar surface area (TPSA) is 114 Å². The lowest BCUT2D eigenvalue weighted by atomic mass is 10.0. The van der Waals surface area contributed by atoms with Gasteiger partial charge in [-0.25, -0.2) is 17.9 Å². The van der Waals surface area contributed by atoms with Gasteiger partial charge in [0.25, 0.3) is 0 Å². The van der Waals surface area contributed by atoms with Crippen LogP contribution in [-0.2, 0) is 19.6 Å². The molecule has 0 aromatic heterocycles. The fourth-order valence-electron chi connectivity index (χ4n) is 3.52. The number of rotatable bonds is 7. The van der Waals surface area contributed by atoms with E-state index in [2.05, 4.69) is 15.4 Å². The third-order valence-corrected chi connectivity index (χ3v) is 7.58. The highest BCUT2D eigenvalue weighted by molar-refractivity contribution is 7.90. The average Bonchev–Trinajstić information content (AvgIpc) is 3.33. The molecule has 32 heavy (non-hydrogen) atoms. The lowest BCUT2D eigenvalue weighted by Gasteiger charge is -2.29. The van der Waals surface area contributed by atoms with Crippen molar-refractivity contribution in [1.82, 2.24) is 15.4 Å². The van der Waals surface area contributed by atoms with E-state index in [1.165, 1.54) is 0 Å². The Balaban J connectivity index is 2.21. The van der Waals surface area contributed by atoms with Crippen LogP contribution in [0, 0.1) is 0 Å². The lowest BCUT2D eigenvalue weighted by Crippen LogP contribution is -2.57. The normalized spacial score (nSPS) is 23.1. The molecule has 3 N–H and O–H groups in total. The number of alkyl carbamates (subject to hydrolysis) is 1. The largest absolute Gasteiger partial charge is 0.444 e. The molecule has 0 saturated heterocycles. The first-order valence-corrected chi connectivity index (χ1v) is 12.4. The molecule has 2 rings (SSSR count). The molecule has 1 fully saturated rings. The fourth-order valence-corrected chi connectivity index (χ4v) is 5.17. The zero-order valence-corrected chi connectivity index (χ0v) is 21.1. The smallest absolute Gasteiger partial charge is 0.408 e. The summed E-state index contributed by atoms with van der Waals surface area (Å²) in [4.78, 5) is 25.9. The highest BCUT2D eigenvalue weighted by Gasteiger charge is 2.62. The second-order valence-corrected chi connectivity index (χ2v) is 12.7. The summed E-state index contributed by atoms with van der Waals surface area (Å²) in [6.07, 6.45) is -0.287. The molecule has 8 nitrogen and oxygen atoms in total. The molecule has 1 aliphatic carbocycles. The summed E-state index contributed by atoms with van der Waals surface area (Å²) >= 11 is 0. The number of carbonyl (C=O) groups excluding carboxylic acids is 2. The molecule has 1 aliphatic rings. The van der Waals surface area contributed by atoms with Gasteiger partial charge in [-0.1, -0.05) is 30.3 Å². The van der Waals surface area contributed by atoms with Crippen molar-refractivity contribution in [3.8, 4) is 0 Å². The minimum absolute atomic E-state index is 0.233. The van der Waals surface area contributed by atoms with E-state index in [0.29, 0.717) is 6.42 Å². The van der Waals surface area contributed by atoms with Crippen molar-refractivity contribution in [2.24, 2.45) is 0 Å². The van der Waals surface area contributed by atoms with Gasteiger partial charge >= 0.3 is 6.09 Å². The Hall–Kier alpha value is -2.13. The fraction of sp³-hybridized carbons (Fsp3) is 0.652. The number of amides is 2. The number of ether oxygens (including phenoxy) is 1. The molecular formula is C23H37N3O5S. The molecule has 4 atom stereocenters. The lowest BCUT2D eigenvalue weighted by molar-refractivity contribution is -0.125. The van der Waals surface area contributed by atoms with Crippen molar-refractivity contribution in [3.63, 3.8) is 0 Å². The van der Waals surface area contributed by atoms with Crippen LogP contribution >= 0.6 is 0 Å². The molecule has 0 heterocycles. The number of hydrogen-bond acceptors (Lipinski definition) is 5. The Morgan fingerprint density at radius 2 is 1.62 bits per heavy atom. The van der Waals surface area contributed by atoms with Crippen LogP contribution in [0.1, 0.15) is 73.3 Å². The Kier molecular flexibility index (Phi) is 7.36. The molecule has 1 saturated carbocycles. The molecule has 0 bridgehead atoms. The molecule has 2 amide bonds.